The lowest BCUT2D eigenvalue weighted by atomic mass is 9.96. The molecule has 1 heterocycles. The van der Waals surface area contributed by atoms with Gasteiger partial charge in [-0.3, -0.25) is 9.69 Å². The van der Waals surface area contributed by atoms with Gasteiger partial charge in [0.05, 0.1) is 20.3 Å². The number of hydrogen-bond donors (Lipinski definition) is 1. The summed E-state index contributed by atoms with van der Waals surface area (Å²) in [5.74, 6) is -0.331. The summed E-state index contributed by atoms with van der Waals surface area (Å²) >= 11 is 0. The van der Waals surface area contributed by atoms with Crippen LogP contribution in [0.15, 0.2) is 0 Å². The molecule has 1 aliphatic heterocycles. The van der Waals surface area contributed by atoms with Crippen LogP contribution in [-0.4, -0.2) is 55.9 Å². The van der Waals surface area contributed by atoms with Crippen LogP contribution in [0.4, 0.5) is 0 Å². The van der Waals surface area contributed by atoms with Crippen LogP contribution in [0.3, 0.4) is 0 Å². The highest BCUT2D eigenvalue weighted by Gasteiger charge is 2.28. The smallest absolute Gasteiger partial charge is 0.325 e. The summed E-state index contributed by atoms with van der Waals surface area (Å²) < 4.78 is 10.1. The Morgan fingerprint density at radius 3 is 2.89 bits per heavy atom. The summed E-state index contributed by atoms with van der Waals surface area (Å²) in [6, 6.07) is 0.489. The van der Waals surface area contributed by atoms with Crippen molar-refractivity contribution in [3.63, 3.8) is 0 Å². The quantitative estimate of drug-likeness (QED) is 0.563. The molecular weight excluding hydrogens is 232 g/mol. The first-order chi connectivity index (χ1) is 8.47. The number of carbonyl (C=O) groups is 1. The zero-order valence-corrected chi connectivity index (χ0v) is 11.8. The second-order valence-electron chi connectivity index (χ2n) is 5.33. The minimum Gasteiger partial charge on any atom is -0.468 e. The molecular formula is C13H26N2O3. The number of unbranched alkanes of at least 4 members (excludes halogenated alkanes) is 1. The minimum absolute atomic E-state index is 0.331. The Bertz CT molecular complexity index is 269. The molecule has 18 heavy (non-hydrogen) atoms. The van der Waals surface area contributed by atoms with Crippen LogP contribution in [0, 0.1) is 0 Å². The molecule has 0 amide bonds. The standard InChI is InChI=1S/C13H26N2O3/c1-11-10-18-9-8-15(11)7-5-4-6-13(2,14)12(16)17-3/h11H,4-10,14H2,1-3H3. The van der Waals surface area contributed by atoms with Gasteiger partial charge in [0.15, 0.2) is 0 Å². The van der Waals surface area contributed by atoms with Crippen LogP contribution >= 0.6 is 0 Å². The Hall–Kier alpha value is -0.650. The highest BCUT2D eigenvalue weighted by atomic mass is 16.5. The molecule has 0 saturated carbocycles. The maximum atomic E-state index is 11.4. The van der Waals surface area contributed by atoms with E-state index >= 15 is 0 Å². The average molecular weight is 258 g/mol. The minimum atomic E-state index is -0.856. The average Bonchev–Trinajstić information content (AvgIpc) is 2.35. The van der Waals surface area contributed by atoms with Crippen molar-refractivity contribution in [1.29, 1.82) is 0 Å². The van der Waals surface area contributed by atoms with E-state index in [-0.39, 0.29) is 5.97 Å². The van der Waals surface area contributed by atoms with Crippen molar-refractivity contribution >= 4 is 5.97 Å². The number of methoxy groups -OCH3 is 1. The molecule has 5 nitrogen and oxygen atoms in total. The fourth-order valence-electron chi connectivity index (χ4n) is 2.24. The summed E-state index contributed by atoms with van der Waals surface area (Å²) in [7, 11) is 1.38. The van der Waals surface area contributed by atoms with Crippen molar-refractivity contribution in [2.45, 2.75) is 44.7 Å². The van der Waals surface area contributed by atoms with E-state index in [1.165, 1.54) is 7.11 Å². The van der Waals surface area contributed by atoms with E-state index < -0.39 is 5.54 Å². The Kier molecular flexibility index (Phi) is 6.05. The molecule has 0 bridgehead atoms. The van der Waals surface area contributed by atoms with Crippen LogP contribution < -0.4 is 5.73 Å². The highest BCUT2D eigenvalue weighted by Crippen LogP contribution is 2.14. The van der Waals surface area contributed by atoms with Gasteiger partial charge < -0.3 is 15.2 Å². The first-order valence-electron chi connectivity index (χ1n) is 6.66. The first-order valence-corrected chi connectivity index (χ1v) is 6.66. The Morgan fingerprint density at radius 1 is 1.56 bits per heavy atom. The monoisotopic (exact) mass is 258 g/mol. The number of nitrogens with two attached hydrogens (primary N) is 1. The molecule has 2 unspecified atom stereocenters. The van der Waals surface area contributed by atoms with Gasteiger partial charge in [0, 0.05) is 12.6 Å². The molecule has 0 spiro atoms. The fraction of sp³-hybridized carbons (Fsp3) is 0.923. The second kappa shape index (κ2) is 7.07. The molecule has 0 aromatic rings. The van der Waals surface area contributed by atoms with Gasteiger partial charge in [0.1, 0.15) is 5.54 Å². The van der Waals surface area contributed by atoms with Crippen LogP contribution in [0.25, 0.3) is 0 Å². The Labute approximate surface area is 110 Å². The lowest BCUT2D eigenvalue weighted by Gasteiger charge is -2.33. The lowest BCUT2D eigenvalue weighted by molar-refractivity contribution is -0.146. The molecule has 1 saturated heterocycles. The maximum Gasteiger partial charge on any atom is 0.325 e. The van der Waals surface area contributed by atoms with Crippen molar-refractivity contribution in [2.75, 3.05) is 33.4 Å². The molecule has 106 valence electrons. The van der Waals surface area contributed by atoms with Crippen LogP contribution in [0.1, 0.15) is 33.1 Å². The zero-order valence-electron chi connectivity index (χ0n) is 11.8. The molecule has 1 rings (SSSR count). The fourth-order valence-corrected chi connectivity index (χ4v) is 2.24. The van der Waals surface area contributed by atoms with Gasteiger partial charge in [-0.1, -0.05) is 0 Å². The van der Waals surface area contributed by atoms with Gasteiger partial charge in [-0.2, -0.15) is 0 Å². The van der Waals surface area contributed by atoms with Gasteiger partial charge in [-0.05, 0) is 39.7 Å². The van der Waals surface area contributed by atoms with Crippen LogP contribution in [-0.2, 0) is 14.3 Å². The predicted octanol–water partition coefficient (Wildman–Crippen LogP) is 0.768. The molecule has 0 aromatic heterocycles. The lowest BCUT2D eigenvalue weighted by Crippen LogP contribution is -2.46. The van der Waals surface area contributed by atoms with Crippen molar-refractivity contribution in [3.05, 3.63) is 0 Å². The third-order valence-corrected chi connectivity index (χ3v) is 3.55. The molecule has 1 fully saturated rings. The normalized spacial score (nSPS) is 24.6. The second-order valence-corrected chi connectivity index (χ2v) is 5.33. The Balaban J connectivity index is 2.20. The number of carbonyl (C=O) groups excluding carboxylic acids is 1. The third-order valence-electron chi connectivity index (χ3n) is 3.55. The summed E-state index contributed by atoms with van der Waals surface area (Å²) in [5.41, 5.74) is 5.05. The van der Waals surface area contributed by atoms with Gasteiger partial charge in [0.25, 0.3) is 0 Å². The summed E-state index contributed by atoms with van der Waals surface area (Å²) in [6.07, 6.45) is 2.65. The van der Waals surface area contributed by atoms with Crippen molar-refractivity contribution in [1.82, 2.24) is 4.90 Å². The molecule has 0 aromatic carbocycles. The zero-order chi connectivity index (χ0) is 13.6. The highest BCUT2D eigenvalue weighted by molar-refractivity contribution is 5.79. The topological polar surface area (TPSA) is 64.8 Å². The largest absolute Gasteiger partial charge is 0.468 e. The van der Waals surface area contributed by atoms with Gasteiger partial charge in [0.2, 0.25) is 0 Å². The van der Waals surface area contributed by atoms with Gasteiger partial charge in [-0.25, -0.2) is 0 Å². The van der Waals surface area contributed by atoms with Crippen molar-refractivity contribution < 1.29 is 14.3 Å². The van der Waals surface area contributed by atoms with E-state index in [0.29, 0.717) is 12.5 Å². The van der Waals surface area contributed by atoms with Gasteiger partial charge in [-0.15, -0.1) is 0 Å². The predicted molar refractivity (Wildman–Crippen MR) is 70.3 cm³/mol. The van der Waals surface area contributed by atoms with Gasteiger partial charge >= 0.3 is 5.97 Å². The molecule has 2 atom stereocenters. The number of ether oxygens (including phenoxy) is 2. The summed E-state index contributed by atoms with van der Waals surface area (Å²) in [4.78, 5) is 13.8. The SMILES string of the molecule is COC(=O)C(C)(N)CCCCN1CCOCC1C. The number of rotatable bonds is 6. The summed E-state index contributed by atoms with van der Waals surface area (Å²) in [5, 5.41) is 0. The first kappa shape index (κ1) is 15.4. The van der Waals surface area contributed by atoms with Crippen molar-refractivity contribution in [2.24, 2.45) is 5.73 Å². The number of morpholine rings is 1. The number of esters is 1. The molecule has 1 aliphatic rings. The van der Waals surface area contributed by atoms with E-state index in [2.05, 4.69) is 16.6 Å². The van der Waals surface area contributed by atoms with E-state index in [1.54, 1.807) is 6.92 Å². The maximum absolute atomic E-state index is 11.4. The van der Waals surface area contributed by atoms with Crippen LogP contribution in [0.2, 0.25) is 0 Å². The molecule has 0 aliphatic carbocycles. The molecule has 5 heteroatoms. The van der Waals surface area contributed by atoms with Crippen molar-refractivity contribution in [3.8, 4) is 0 Å². The summed E-state index contributed by atoms with van der Waals surface area (Å²) in [6.45, 7) is 7.59. The van der Waals surface area contributed by atoms with E-state index in [4.69, 9.17) is 10.5 Å². The van der Waals surface area contributed by atoms with E-state index in [0.717, 1.165) is 39.1 Å². The molecule has 2 N–H and O–H groups in total. The third kappa shape index (κ3) is 4.55. The van der Waals surface area contributed by atoms with E-state index in [9.17, 15) is 4.79 Å². The number of nitrogens with zero attached hydrogens (tertiary/aromatic N) is 1. The number of hydrogen-bond acceptors (Lipinski definition) is 5. The molecule has 0 radical (unpaired) electrons. The Morgan fingerprint density at radius 2 is 2.28 bits per heavy atom. The van der Waals surface area contributed by atoms with E-state index in [1.807, 2.05) is 0 Å². The van der Waals surface area contributed by atoms with Crippen LogP contribution in [0.5, 0.6) is 0 Å².